The zero-order valence-corrected chi connectivity index (χ0v) is 16.5. The van der Waals surface area contributed by atoms with Crippen molar-refractivity contribution in [3.63, 3.8) is 0 Å². The lowest BCUT2D eigenvalue weighted by atomic mass is 10.0. The average Bonchev–Trinajstić information content (AvgIpc) is 3.10. The number of aromatic nitrogens is 3. The second kappa shape index (κ2) is 9.12. The minimum Gasteiger partial charge on any atom is -0.396 e. The Kier molecular flexibility index (Phi) is 6.88. The standard InChI is InChI=1S/C20H21FN4.C2H6/c1-4-13(9-8-12(2)3)14-10-11-23-20-18(14)24-19(25-20)15-6-5-7-16(21)17(15)22;1-2/h4-12H,22H2,1-3H3,(H,23,24,25);1-2H3/b9-8-,13-4+;. The molecule has 3 aromatic rings. The Labute approximate surface area is 160 Å². The highest BCUT2D eigenvalue weighted by atomic mass is 19.1. The van der Waals surface area contributed by atoms with Gasteiger partial charge in [0.2, 0.25) is 0 Å². The number of nitrogens with zero attached hydrogens (tertiary/aromatic N) is 2. The van der Waals surface area contributed by atoms with E-state index < -0.39 is 5.82 Å². The van der Waals surface area contributed by atoms with Crippen molar-refractivity contribution >= 4 is 22.4 Å². The molecule has 142 valence electrons. The SMILES string of the molecule is C/C=C(\C=C/C(C)C)c1ccnc2nc(-c3cccc(F)c3N)[nH]c12.CC. The highest BCUT2D eigenvalue weighted by Gasteiger charge is 2.14. The first kappa shape index (κ1) is 20.4. The molecule has 5 heteroatoms. The number of fused-ring (bicyclic) bond motifs is 1. The van der Waals surface area contributed by atoms with Gasteiger partial charge in [-0.2, -0.15) is 0 Å². The molecule has 0 atom stereocenters. The zero-order valence-electron chi connectivity index (χ0n) is 16.5. The van der Waals surface area contributed by atoms with Crippen molar-refractivity contribution in [3.8, 4) is 11.4 Å². The number of hydrogen-bond acceptors (Lipinski definition) is 3. The molecule has 2 heterocycles. The van der Waals surface area contributed by atoms with Gasteiger partial charge in [0.05, 0.1) is 11.2 Å². The number of halogens is 1. The molecule has 0 saturated heterocycles. The Morgan fingerprint density at radius 1 is 1.22 bits per heavy atom. The third-order valence-electron chi connectivity index (χ3n) is 3.98. The van der Waals surface area contributed by atoms with E-state index in [9.17, 15) is 4.39 Å². The third kappa shape index (κ3) is 4.42. The van der Waals surface area contributed by atoms with Crippen LogP contribution >= 0.6 is 0 Å². The van der Waals surface area contributed by atoms with Crippen LogP contribution in [0.15, 0.2) is 48.7 Å². The number of allylic oxidation sites excluding steroid dienone is 4. The number of nitrogen functional groups attached to an aromatic ring is 1. The van der Waals surface area contributed by atoms with Gasteiger partial charge in [0.15, 0.2) is 5.65 Å². The highest BCUT2D eigenvalue weighted by molar-refractivity contribution is 5.92. The van der Waals surface area contributed by atoms with Crippen LogP contribution < -0.4 is 5.73 Å². The van der Waals surface area contributed by atoms with Crippen LogP contribution in [0.3, 0.4) is 0 Å². The molecule has 1 aromatic carbocycles. The molecule has 0 unspecified atom stereocenters. The van der Waals surface area contributed by atoms with Crippen LogP contribution in [0.4, 0.5) is 10.1 Å². The molecule has 0 amide bonds. The van der Waals surface area contributed by atoms with Gasteiger partial charge in [0, 0.05) is 17.3 Å². The van der Waals surface area contributed by atoms with Crippen molar-refractivity contribution < 1.29 is 4.39 Å². The Morgan fingerprint density at radius 3 is 2.63 bits per heavy atom. The first-order valence-corrected chi connectivity index (χ1v) is 9.25. The third-order valence-corrected chi connectivity index (χ3v) is 3.98. The fourth-order valence-electron chi connectivity index (χ4n) is 2.66. The number of hydrogen-bond donors (Lipinski definition) is 2. The molecule has 0 bridgehead atoms. The lowest BCUT2D eigenvalue weighted by Gasteiger charge is -2.04. The molecule has 0 radical (unpaired) electrons. The maximum atomic E-state index is 13.8. The molecule has 4 nitrogen and oxygen atoms in total. The predicted octanol–water partition coefficient (Wildman–Crippen LogP) is 5.99. The molecular weight excluding hydrogens is 339 g/mol. The van der Waals surface area contributed by atoms with E-state index in [1.165, 1.54) is 6.07 Å². The van der Waals surface area contributed by atoms with E-state index in [2.05, 4.69) is 41.0 Å². The second-order valence-electron chi connectivity index (χ2n) is 6.19. The van der Waals surface area contributed by atoms with Crippen molar-refractivity contribution in [1.82, 2.24) is 15.0 Å². The maximum absolute atomic E-state index is 13.8. The summed E-state index contributed by atoms with van der Waals surface area (Å²) in [4.78, 5) is 12.1. The fourth-order valence-corrected chi connectivity index (χ4v) is 2.66. The van der Waals surface area contributed by atoms with Gasteiger partial charge in [0.1, 0.15) is 11.6 Å². The minimum absolute atomic E-state index is 0.0778. The summed E-state index contributed by atoms with van der Waals surface area (Å²) in [5, 5.41) is 0. The zero-order chi connectivity index (χ0) is 20.0. The molecule has 0 saturated carbocycles. The molecule has 3 N–H and O–H groups in total. The average molecular weight is 366 g/mol. The molecule has 2 aromatic heterocycles. The number of para-hydroxylation sites is 1. The van der Waals surface area contributed by atoms with Gasteiger partial charge in [-0.25, -0.2) is 14.4 Å². The highest BCUT2D eigenvalue weighted by Crippen LogP contribution is 2.30. The van der Waals surface area contributed by atoms with E-state index in [4.69, 9.17) is 5.73 Å². The van der Waals surface area contributed by atoms with Crippen LogP contribution in [0.1, 0.15) is 40.2 Å². The van der Waals surface area contributed by atoms with Crippen LogP contribution in [-0.4, -0.2) is 15.0 Å². The lowest BCUT2D eigenvalue weighted by Crippen LogP contribution is -1.95. The van der Waals surface area contributed by atoms with Gasteiger partial charge in [-0.05, 0) is 36.6 Å². The van der Waals surface area contributed by atoms with Crippen molar-refractivity contribution in [2.75, 3.05) is 5.73 Å². The van der Waals surface area contributed by atoms with Gasteiger partial charge >= 0.3 is 0 Å². The monoisotopic (exact) mass is 366 g/mol. The van der Waals surface area contributed by atoms with E-state index in [1.54, 1.807) is 18.3 Å². The number of H-pyrrole nitrogens is 1. The molecular formula is C22H27FN4. The van der Waals surface area contributed by atoms with Gasteiger partial charge in [-0.15, -0.1) is 0 Å². The Hall–Kier alpha value is -2.95. The number of anilines is 1. The Balaban J connectivity index is 0.00000126. The summed E-state index contributed by atoms with van der Waals surface area (Å²) in [6.07, 6.45) is 8.01. The number of benzene rings is 1. The van der Waals surface area contributed by atoms with E-state index in [0.29, 0.717) is 23.0 Å². The summed E-state index contributed by atoms with van der Waals surface area (Å²) >= 11 is 0. The second-order valence-corrected chi connectivity index (χ2v) is 6.19. The minimum atomic E-state index is -0.458. The quantitative estimate of drug-likeness (QED) is 0.440. The first-order valence-electron chi connectivity index (χ1n) is 9.25. The van der Waals surface area contributed by atoms with Crippen molar-refractivity contribution in [1.29, 1.82) is 0 Å². The van der Waals surface area contributed by atoms with Crippen LogP contribution in [-0.2, 0) is 0 Å². The van der Waals surface area contributed by atoms with Gasteiger partial charge in [-0.1, -0.05) is 52.0 Å². The number of aromatic amines is 1. The Bertz CT molecular complexity index is 968. The molecule has 0 aliphatic carbocycles. The molecule has 27 heavy (non-hydrogen) atoms. The molecule has 0 aliphatic rings. The fraction of sp³-hybridized carbons (Fsp3) is 0.273. The summed E-state index contributed by atoms with van der Waals surface area (Å²) in [7, 11) is 0. The summed E-state index contributed by atoms with van der Waals surface area (Å²) in [5.74, 6) is 0.507. The van der Waals surface area contributed by atoms with Crippen LogP contribution in [0.5, 0.6) is 0 Å². The van der Waals surface area contributed by atoms with Crippen molar-refractivity contribution in [2.45, 2.75) is 34.6 Å². The normalized spacial score (nSPS) is 11.9. The molecule has 0 fully saturated rings. The van der Waals surface area contributed by atoms with E-state index >= 15 is 0 Å². The summed E-state index contributed by atoms with van der Waals surface area (Å²) in [5.41, 5.74) is 9.93. The first-order chi connectivity index (χ1) is 13.0. The topological polar surface area (TPSA) is 67.6 Å². The number of nitrogens with two attached hydrogens (primary N) is 1. The summed E-state index contributed by atoms with van der Waals surface area (Å²) in [6, 6.07) is 6.63. The van der Waals surface area contributed by atoms with Crippen LogP contribution in [0.25, 0.3) is 28.1 Å². The predicted molar refractivity (Wildman–Crippen MR) is 113 cm³/mol. The smallest absolute Gasteiger partial charge is 0.178 e. The summed E-state index contributed by atoms with van der Waals surface area (Å²) in [6.45, 7) is 10.3. The Morgan fingerprint density at radius 2 is 1.96 bits per heavy atom. The van der Waals surface area contributed by atoms with Crippen LogP contribution in [0.2, 0.25) is 0 Å². The number of imidazole rings is 1. The van der Waals surface area contributed by atoms with E-state index in [1.807, 2.05) is 32.9 Å². The van der Waals surface area contributed by atoms with Gasteiger partial charge in [0.25, 0.3) is 0 Å². The number of rotatable bonds is 4. The largest absolute Gasteiger partial charge is 0.396 e. The van der Waals surface area contributed by atoms with Crippen molar-refractivity contribution in [3.05, 3.63) is 60.1 Å². The summed E-state index contributed by atoms with van der Waals surface area (Å²) < 4.78 is 13.8. The van der Waals surface area contributed by atoms with Crippen molar-refractivity contribution in [2.24, 2.45) is 5.92 Å². The maximum Gasteiger partial charge on any atom is 0.178 e. The lowest BCUT2D eigenvalue weighted by molar-refractivity contribution is 0.633. The number of nitrogens with one attached hydrogen (secondary N) is 1. The van der Waals surface area contributed by atoms with E-state index in [-0.39, 0.29) is 5.69 Å². The molecule has 0 aliphatic heterocycles. The van der Waals surface area contributed by atoms with E-state index in [0.717, 1.165) is 16.7 Å². The molecule has 3 rings (SSSR count). The van der Waals surface area contributed by atoms with Gasteiger partial charge in [-0.3, -0.25) is 0 Å². The number of pyridine rings is 1. The van der Waals surface area contributed by atoms with Gasteiger partial charge < -0.3 is 10.7 Å². The van der Waals surface area contributed by atoms with Crippen LogP contribution in [0, 0.1) is 11.7 Å². The molecule has 0 spiro atoms.